The zero-order valence-corrected chi connectivity index (χ0v) is 26.3. The third-order valence-corrected chi connectivity index (χ3v) is 8.46. The van der Waals surface area contributed by atoms with E-state index >= 15 is 0 Å². The molecular formula is C35H39ClF2N2O5. The molecule has 3 aromatic rings. The first kappa shape index (κ1) is 34.1. The minimum absolute atomic E-state index is 0.0600. The van der Waals surface area contributed by atoms with E-state index in [0.29, 0.717) is 17.9 Å². The molecule has 0 spiro atoms. The third-order valence-electron chi connectivity index (χ3n) is 8.17. The van der Waals surface area contributed by atoms with E-state index in [1.807, 2.05) is 69.3 Å². The maximum absolute atomic E-state index is 13.8. The lowest BCUT2D eigenvalue weighted by atomic mass is 9.58. The van der Waals surface area contributed by atoms with Gasteiger partial charge in [0.05, 0.1) is 24.3 Å². The highest BCUT2D eigenvalue weighted by Crippen LogP contribution is 2.52. The zero-order valence-electron chi connectivity index (χ0n) is 25.6. The number of halogens is 3. The van der Waals surface area contributed by atoms with Crippen LogP contribution in [0.4, 0.5) is 8.78 Å². The number of allylic oxidation sites excluding steroid dienone is 3. The highest BCUT2D eigenvalue weighted by molar-refractivity contribution is 6.32. The molecular weight excluding hydrogens is 602 g/mol. The molecule has 0 aliphatic heterocycles. The van der Waals surface area contributed by atoms with Gasteiger partial charge in [-0.2, -0.15) is 0 Å². The molecule has 240 valence electrons. The normalized spacial score (nSPS) is 17.2. The number of amides is 1. The average Bonchev–Trinajstić information content (AvgIpc) is 3.01. The predicted molar refractivity (Wildman–Crippen MR) is 171 cm³/mol. The molecule has 1 aliphatic rings. The molecule has 0 heterocycles. The number of benzene rings is 3. The molecule has 4 N–H and O–H groups in total. The molecule has 0 radical (unpaired) electrons. The maximum Gasteiger partial charge on any atom is 0.234 e. The number of hydrogen-bond donors (Lipinski definition) is 4. The molecule has 0 bridgehead atoms. The summed E-state index contributed by atoms with van der Waals surface area (Å²) < 4.78 is 40.0. The van der Waals surface area contributed by atoms with Gasteiger partial charge in [-0.05, 0) is 41.8 Å². The van der Waals surface area contributed by atoms with Crippen molar-refractivity contribution in [2.45, 2.75) is 40.0 Å². The largest absolute Gasteiger partial charge is 0.490 e. The van der Waals surface area contributed by atoms with Crippen LogP contribution in [0.2, 0.25) is 5.02 Å². The van der Waals surface area contributed by atoms with E-state index in [4.69, 9.17) is 21.1 Å². The Bertz CT molecular complexity index is 1520. The predicted octanol–water partition coefficient (Wildman–Crippen LogP) is 5.82. The molecule has 1 amide bonds. The van der Waals surface area contributed by atoms with Gasteiger partial charge in [0.15, 0.2) is 0 Å². The van der Waals surface area contributed by atoms with Gasteiger partial charge in [-0.15, -0.1) is 0 Å². The van der Waals surface area contributed by atoms with Gasteiger partial charge < -0.3 is 30.3 Å². The van der Waals surface area contributed by atoms with Crippen LogP contribution < -0.4 is 20.1 Å². The lowest BCUT2D eigenvalue weighted by Crippen LogP contribution is -2.53. The quantitative estimate of drug-likeness (QED) is 0.177. The van der Waals surface area contributed by atoms with Crippen molar-refractivity contribution in [1.29, 1.82) is 0 Å². The summed E-state index contributed by atoms with van der Waals surface area (Å²) in [5.41, 5.74) is 0.967. The number of carbonyl (C=O) groups excluding carboxylic acids is 1. The average molecular weight is 641 g/mol. The van der Waals surface area contributed by atoms with Crippen molar-refractivity contribution in [2.75, 3.05) is 26.4 Å². The van der Waals surface area contributed by atoms with Crippen LogP contribution in [0, 0.1) is 22.5 Å². The van der Waals surface area contributed by atoms with Crippen LogP contribution in [0.5, 0.6) is 11.5 Å². The van der Waals surface area contributed by atoms with Gasteiger partial charge in [-0.1, -0.05) is 74.0 Å². The lowest BCUT2D eigenvalue weighted by Gasteiger charge is -2.46. The van der Waals surface area contributed by atoms with Crippen molar-refractivity contribution >= 4 is 23.1 Å². The van der Waals surface area contributed by atoms with Gasteiger partial charge in [0.2, 0.25) is 5.91 Å². The van der Waals surface area contributed by atoms with Crippen LogP contribution >= 0.6 is 11.6 Å². The summed E-state index contributed by atoms with van der Waals surface area (Å²) in [6.45, 7) is 5.65. The molecule has 10 heteroatoms. The SMILES string of the molecule is CCNC(=O)C1(COc2cc(OCc3cc(F)cc(F)c3)c(CNC(CO)CO)cc2Cl)C=CC=C(c2ccccc2)C1(C)C. The second kappa shape index (κ2) is 15.0. The summed E-state index contributed by atoms with van der Waals surface area (Å²) in [6, 6.07) is 15.6. The van der Waals surface area contributed by atoms with Crippen LogP contribution in [-0.4, -0.2) is 48.5 Å². The van der Waals surface area contributed by atoms with Gasteiger partial charge in [0.1, 0.15) is 41.8 Å². The van der Waals surface area contributed by atoms with E-state index in [1.165, 1.54) is 12.1 Å². The highest BCUT2D eigenvalue weighted by Gasteiger charge is 2.53. The smallest absolute Gasteiger partial charge is 0.234 e. The highest BCUT2D eigenvalue weighted by atomic mass is 35.5. The number of ether oxygens (including phenoxy) is 2. The molecule has 0 saturated carbocycles. The number of hydrogen-bond acceptors (Lipinski definition) is 6. The Morgan fingerprint density at radius 2 is 1.67 bits per heavy atom. The second-order valence-corrected chi connectivity index (χ2v) is 11.9. The summed E-state index contributed by atoms with van der Waals surface area (Å²) >= 11 is 6.71. The number of nitrogens with one attached hydrogen (secondary N) is 2. The summed E-state index contributed by atoms with van der Waals surface area (Å²) in [6.07, 6.45) is 5.74. The molecule has 1 atom stereocenters. The van der Waals surface area contributed by atoms with Crippen LogP contribution in [0.3, 0.4) is 0 Å². The van der Waals surface area contributed by atoms with Gasteiger partial charge in [-0.3, -0.25) is 4.79 Å². The Balaban J connectivity index is 1.68. The molecule has 45 heavy (non-hydrogen) atoms. The first-order valence-corrected chi connectivity index (χ1v) is 15.1. The van der Waals surface area contributed by atoms with E-state index in [9.17, 15) is 23.8 Å². The van der Waals surface area contributed by atoms with Crippen molar-refractivity contribution in [3.05, 3.63) is 112 Å². The Morgan fingerprint density at radius 3 is 2.31 bits per heavy atom. The fourth-order valence-electron chi connectivity index (χ4n) is 5.46. The van der Waals surface area contributed by atoms with E-state index in [2.05, 4.69) is 10.6 Å². The van der Waals surface area contributed by atoms with Gasteiger partial charge in [0.25, 0.3) is 0 Å². The van der Waals surface area contributed by atoms with E-state index in [1.54, 1.807) is 12.1 Å². The van der Waals surface area contributed by atoms with Crippen molar-refractivity contribution in [2.24, 2.45) is 10.8 Å². The first-order valence-electron chi connectivity index (χ1n) is 14.8. The van der Waals surface area contributed by atoms with Gasteiger partial charge in [0, 0.05) is 36.2 Å². The molecule has 7 nitrogen and oxygen atoms in total. The second-order valence-electron chi connectivity index (χ2n) is 11.4. The van der Waals surface area contributed by atoms with Crippen molar-refractivity contribution in [3.63, 3.8) is 0 Å². The molecule has 0 saturated heterocycles. The van der Waals surface area contributed by atoms with E-state index < -0.39 is 28.5 Å². The molecule has 0 fully saturated rings. The number of aliphatic hydroxyl groups excluding tert-OH is 2. The summed E-state index contributed by atoms with van der Waals surface area (Å²) in [5, 5.41) is 25.2. The molecule has 4 rings (SSSR count). The minimum Gasteiger partial charge on any atom is -0.490 e. The van der Waals surface area contributed by atoms with Crippen molar-refractivity contribution in [1.82, 2.24) is 10.6 Å². The summed E-state index contributed by atoms with van der Waals surface area (Å²) in [4.78, 5) is 13.8. The van der Waals surface area contributed by atoms with Crippen LogP contribution in [0.1, 0.15) is 37.5 Å². The monoisotopic (exact) mass is 640 g/mol. The van der Waals surface area contributed by atoms with E-state index in [0.717, 1.165) is 17.2 Å². The molecule has 3 aromatic carbocycles. The topological polar surface area (TPSA) is 100 Å². The maximum atomic E-state index is 13.8. The Labute approximate surface area is 267 Å². The number of carbonyl (C=O) groups is 1. The minimum atomic E-state index is -1.12. The third kappa shape index (κ3) is 7.73. The fourth-order valence-corrected chi connectivity index (χ4v) is 5.70. The van der Waals surface area contributed by atoms with Gasteiger partial charge >= 0.3 is 0 Å². The van der Waals surface area contributed by atoms with Crippen LogP contribution in [0.25, 0.3) is 5.57 Å². The molecule has 1 unspecified atom stereocenters. The number of aliphatic hydroxyl groups is 2. The Kier molecular flexibility index (Phi) is 11.4. The first-order chi connectivity index (χ1) is 21.5. The van der Waals surface area contributed by atoms with Crippen molar-refractivity contribution in [3.8, 4) is 11.5 Å². The van der Waals surface area contributed by atoms with E-state index in [-0.39, 0.29) is 55.2 Å². The van der Waals surface area contributed by atoms with Crippen LogP contribution in [0.15, 0.2) is 78.9 Å². The number of rotatable bonds is 14. The fraction of sp³-hybridized carbons (Fsp3) is 0.343. The standard InChI is InChI=1S/C35H39ClF2N2O5/c1-4-39-33(43)35(12-8-11-29(34(35,2)3)24-9-6-5-7-10-24)22-45-32-17-31(44-21-23-13-26(37)16-27(38)14-23)25(15-30(32)36)18-40-28(19-41)20-42/h5-17,28,40-42H,4,18-22H2,1-3H3,(H,39,43). The molecule has 0 aromatic heterocycles. The van der Waals surface area contributed by atoms with Crippen molar-refractivity contribution < 1.29 is 33.3 Å². The Hall–Kier alpha value is -3.76. The Morgan fingerprint density at radius 1 is 0.978 bits per heavy atom. The van der Waals surface area contributed by atoms with Crippen LogP contribution in [-0.2, 0) is 17.9 Å². The summed E-state index contributed by atoms with van der Waals surface area (Å²) in [5.74, 6) is -1.12. The summed E-state index contributed by atoms with van der Waals surface area (Å²) in [7, 11) is 0. The zero-order chi connectivity index (χ0) is 32.6. The van der Waals surface area contributed by atoms with Gasteiger partial charge in [-0.25, -0.2) is 8.78 Å². The lowest BCUT2D eigenvalue weighted by molar-refractivity contribution is -0.134. The molecule has 1 aliphatic carbocycles.